The maximum Gasteiger partial charge on any atom is 0.435 e. The molecule has 0 aliphatic carbocycles. The van der Waals surface area contributed by atoms with Crippen molar-refractivity contribution in [3.05, 3.63) is 60.2 Å². The molecule has 10 nitrogen and oxygen atoms in total. The maximum absolute atomic E-state index is 12.4. The van der Waals surface area contributed by atoms with Gasteiger partial charge in [-0.25, -0.2) is 24.7 Å². The van der Waals surface area contributed by atoms with Gasteiger partial charge in [0, 0.05) is 36.4 Å². The minimum Gasteiger partial charge on any atom is -0.442 e. The highest BCUT2D eigenvalue weighted by Gasteiger charge is 2.20. The Hall–Kier alpha value is -4.36. The number of aromatic nitrogens is 6. The van der Waals surface area contributed by atoms with Crippen molar-refractivity contribution in [3.8, 4) is 23.4 Å². The number of hydrogen-bond acceptors (Lipinski definition) is 9. The number of hydrogen-bond donors (Lipinski definition) is 1. The fraction of sp³-hybridized carbons (Fsp3) is 0.308. The van der Waals surface area contributed by atoms with Crippen molar-refractivity contribution in [1.29, 1.82) is 0 Å². The molecule has 0 atom stereocenters. The normalized spacial score (nSPS) is 11.3. The molecule has 0 saturated heterocycles. The van der Waals surface area contributed by atoms with Gasteiger partial charge in [-0.3, -0.25) is 0 Å². The lowest BCUT2D eigenvalue weighted by Gasteiger charge is -2.19. The SMILES string of the molecule is CN(C)CCNc1nccc(-c2nccc(C#Cc3ccc4c(cnn4C(=O)OC(C)(C)C)c3)n2)n1. The second-order valence-electron chi connectivity index (χ2n) is 9.32. The number of nitrogens with one attached hydrogen (secondary N) is 1. The highest BCUT2D eigenvalue weighted by atomic mass is 16.6. The summed E-state index contributed by atoms with van der Waals surface area (Å²) in [5.74, 6) is 7.18. The van der Waals surface area contributed by atoms with Gasteiger partial charge in [-0.15, -0.1) is 0 Å². The molecule has 0 bridgehead atoms. The first-order valence-electron chi connectivity index (χ1n) is 11.5. The largest absolute Gasteiger partial charge is 0.442 e. The molecule has 0 unspecified atom stereocenters. The molecule has 36 heavy (non-hydrogen) atoms. The number of nitrogens with zero attached hydrogens (tertiary/aromatic N) is 7. The van der Waals surface area contributed by atoms with Crippen LogP contribution >= 0.6 is 0 Å². The van der Waals surface area contributed by atoms with Crippen LogP contribution in [0.3, 0.4) is 0 Å². The number of carbonyl (C=O) groups excluding carboxylic acids is 1. The summed E-state index contributed by atoms with van der Waals surface area (Å²) >= 11 is 0. The monoisotopic (exact) mass is 484 g/mol. The molecule has 1 aromatic carbocycles. The van der Waals surface area contributed by atoms with Gasteiger partial charge in [-0.2, -0.15) is 9.78 Å². The number of carbonyl (C=O) groups is 1. The highest BCUT2D eigenvalue weighted by molar-refractivity contribution is 5.88. The maximum atomic E-state index is 12.4. The van der Waals surface area contributed by atoms with E-state index < -0.39 is 11.7 Å². The summed E-state index contributed by atoms with van der Waals surface area (Å²) in [5.41, 5.74) is 1.98. The summed E-state index contributed by atoms with van der Waals surface area (Å²) in [6.45, 7) is 7.04. The lowest BCUT2D eigenvalue weighted by Crippen LogP contribution is -2.27. The topological polar surface area (TPSA) is 111 Å². The van der Waals surface area contributed by atoms with Gasteiger partial charge in [-0.05, 0) is 71.1 Å². The molecule has 0 aliphatic heterocycles. The van der Waals surface area contributed by atoms with Gasteiger partial charge in [0.2, 0.25) is 5.95 Å². The molecule has 1 N–H and O–H groups in total. The van der Waals surface area contributed by atoms with Crippen LogP contribution in [0.2, 0.25) is 0 Å². The Labute approximate surface area is 209 Å². The highest BCUT2D eigenvalue weighted by Crippen LogP contribution is 2.18. The molecule has 0 radical (unpaired) electrons. The van der Waals surface area contributed by atoms with E-state index in [2.05, 4.69) is 47.1 Å². The standard InChI is InChI=1S/C26H28N8O2/c1-26(2,3)36-25(35)34-22-9-7-18(16-19(22)17-30-34)6-8-20-10-12-27-23(31-20)21-11-13-28-24(32-21)29-14-15-33(4)5/h7,9-13,16-17H,14-15H2,1-5H3,(H,28,29,32). The van der Waals surface area contributed by atoms with Gasteiger partial charge in [0.15, 0.2) is 5.82 Å². The second-order valence-corrected chi connectivity index (χ2v) is 9.32. The molecule has 184 valence electrons. The third-order valence-corrected chi connectivity index (χ3v) is 4.85. The van der Waals surface area contributed by atoms with Crippen molar-refractivity contribution in [3.63, 3.8) is 0 Å². The number of benzene rings is 1. The van der Waals surface area contributed by atoms with Crippen LogP contribution in [0, 0.1) is 11.8 Å². The van der Waals surface area contributed by atoms with Crippen molar-refractivity contribution in [2.24, 2.45) is 0 Å². The Morgan fingerprint density at radius 1 is 1.08 bits per heavy atom. The molecule has 3 aromatic heterocycles. The minimum atomic E-state index is -0.604. The zero-order valence-corrected chi connectivity index (χ0v) is 21.0. The Morgan fingerprint density at radius 2 is 1.89 bits per heavy atom. The number of fused-ring (bicyclic) bond motifs is 1. The van der Waals surface area contributed by atoms with Crippen LogP contribution in [0.25, 0.3) is 22.4 Å². The molecular weight excluding hydrogens is 456 g/mol. The van der Waals surface area contributed by atoms with E-state index in [0.717, 1.165) is 24.0 Å². The molecule has 10 heteroatoms. The molecule has 4 aromatic rings. The minimum absolute atomic E-state index is 0.467. The summed E-state index contributed by atoms with van der Waals surface area (Å²) in [4.78, 5) is 32.1. The number of ether oxygens (including phenoxy) is 1. The van der Waals surface area contributed by atoms with Crippen LogP contribution in [0.5, 0.6) is 0 Å². The van der Waals surface area contributed by atoms with Crippen LogP contribution in [0.15, 0.2) is 48.9 Å². The second kappa shape index (κ2) is 10.5. The van der Waals surface area contributed by atoms with Crippen LogP contribution in [0.1, 0.15) is 32.0 Å². The summed E-state index contributed by atoms with van der Waals surface area (Å²) < 4.78 is 6.66. The first kappa shape index (κ1) is 24.8. The van der Waals surface area contributed by atoms with E-state index in [9.17, 15) is 4.79 Å². The van der Waals surface area contributed by atoms with Crippen LogP contribution in [0.4, 0.5) is 10.7 Å². The van der Waals surface area contributed by atoms with Crippen molar-refractivity contribution in [1.82, 2.24) is 34.6 Å². The Kier molecular flexibility index (Phi) is 7.22. The Balaban J connectivity index is 1.51. The van der Waals surface area contributed by atoms with Gasteiger partial charge in [0.1, 0.15) is 17.0 Å². The molecule has 0 amide bonds. The van der Waals surface area contributed by atoms with E-state index in [1.165, 1.54) is 4.68 Å². The van der Waals surface area contributed by atoms with Gasteiger partial charge < -0.3 is 15.0 Å². The van der Waals surface area contributed by atoms with Crippen LogP contribution in [-0.2, 0) is 4.74 Å². The average molecular weight is 485 g/mol. The zero-order valence-electron chi connectivity index (χ0n) is 21.0. The fourth-order valence-corrected chi connectivity index (χ4v) is 3.21. The smallest absolute Gasteiger partial charge is 0.435 e. The average Bonchev–Trinajstić information content (AvgIpc) is 3.25. The van der Waals surface area contributed by atoms with E-state index in [-0.39, 0.29) is 0 Å². The summed E-state index contributed by atoms with van der Waals surface area (Å²) in [5, 5.41) is 8.15. The lowest BCUT2D eigenvalue weighted by molar-refractivity contribution is 0.0522. The molecular formula is C26H28N8O2. The Bertz CT molecular complexity index is 1440. The van der Waals surface area contributed by atoms with Crippen LogP contribution < -0.4 is 5.32 Å². The summed E-state index contributed by atoms with van der Waals surface area (Å²) in [6.07, 6.45) is 4.42. The van der Waals surface area contributed by atoms with Gasteiger partial charge in [-0.1, -0.05) is 5.92 Å². The Morgan fingerprint density at radius 3 is 2.67 bits per heavy atom. The van der Waals surface area contributed by atoms with E-state index >= 15 is 0 Å². The molecule has 0 aliphatic rings. The van der Waals surface area contributed by atoms with E-state index in [1.54, 1.807) is 36.8 Å². The third-order valence-electron chi connectivity index (χ3n) is 4.85. The van der Waals surface area contributed by atoms with E-state index in [0.29, 0.717) is 28.7 Å². The first-order chi connectivity index (χ1) is 17.2. The van der Waals surface area contributed by atoms with E-state index in [4.69, 9.17) is 4.74 Å². The number of anilines is 1. The van der Waals surface area contributed by atoms with Crippen molar-refractivity contribution < 1.29 is 9.53 Å². The van der Waals surface area contributed by atoms with Gasteiger partial charge in [0.25, 0.3) is 0 Å². The lowest BCUT2D eigenvalue weighted by atomic mass is 10.1. The predicted octanol–water partition coefficient (Wildman–Crippen LogP) is 3.44. The van der Waals surface area contributed by atoms with Gasteiger partial charge >= 0.3 is 6.09 Å². The van der Waals surface area contributed by atoms with Crippen molar-refractivity contribution in [2.75, 3.05) is 32.5 Å². The fourth-order valence-electron chi connectivity index (χ4n) is 3.21. The van der Waals surface area contributed by atoms with Crippen LogP contribution in [-0.4, -0.2) is 73.5 Å². The third kappa shape index (κ3) is 6.40. The van der Waals surface area contributed by atoms with Crippen molar-refractivity contribution >= 4 is 22.9 Å². The van der Waals surface area contributed by atoms with Crippen molar-refractivity contribution in [2.45, 2.75) is 26.4 Å². The first-order valence-corrected chi connectivity index (χ1v) is 11.5. The van der Waals surface area contributed by atoms with Gasteiger partial charge in [0.05, 0.1) is 11.7 Å². The molecule has 0 saturated carbocycles. The molecule has 0 fully saturated rings. The zero-order chi connectivity index (χ0) is 25.7. The molecule has 4 rings (SSSR count). The molecule has 0 spiro atoms. The summed E-state index contributed by atoms with van der Waals surface area (Å²) in [7, 11) is 4.02. The number of likely N-dealkylation sites (N-methyl/N-ethyl adjacent to an activating group) is 1. The predicted molar refractivity (Wildman–Crippen MR) is 137 cm³/mol. The number of rotatable bonds is 5. The van der Waals surface area contributed by atoms with E-state index in [1.807, 2.05) is 47.0 Å². The molecule has 3 heterocycles. The summed E-state index contributed by atoms with van der Waals surface area (Å²) in [6, 6.07) is 9.00. The quantitative estimate of drug-likeness (QED) is 0.426.